The summed E-state index contributed by atoms with van der Waals surface area (Å²) in [5.74, 6) is 0.673. The van der Waals surface area contributed by atoms with Gasteiger partial charge in [-0.1, -0.05) is 0 Å². The second-order valence-electron chi connectivity index (χ2n) is 3.96. The molecule has 110 valence electrons. The van der Waals surface area contributed by atoms with Gasteiger partial charge in [-0.05, 0) is 23.7 Å². The van der Waals surface area contributed by atoms with E-state index < -0.39 is 5.91 Å². The van der Waals surface area contributed by atoms with Gasteiger partial charge in [0.2, 0.25) is 5.28 Å². The number of halogens is 1. The monoisotopic (exact) mass is 308 g/mol. The fraction of sp³-hybridized carbons (Fsp3) is 0.154. The number of hydrogen-bond acceptors (Lipinski definition) is 6. The topological polar surface area (TPSA) is 99.4 Å². The van der Waals surface area contributed by atoms with Crippen LogP contribution in [0.1, 0.15) is 10.4 Å². The molecule has 0 unspecified atom stereocenters. The summed E-state index contributed by atoms with van der Waals surface area (Å²) >= 11 is 5.66. The number of aromatic nitrogens is 2. The standard InChI is InChI=1S/C13H13ClN4O3/c1-20-9-5-7(8(15)6-10(9)21-2)12(19)17-11-3-4-16-13(14)18-11/h3-6H,15H2,1-2H3,(H,16,17,18,19). The molecule has 0 radical (unpaired) electrons. The molecule has 0 bridgehead atoms. The van der Waals surface area contributed by atoms with Gasteiger partial charge >= 0.3 is 0 Å². The van der Waals surface area contributed by atoms with Gasteiger partial charge in [0, 0.05) is 18.0 Å². The number of hydrogen-bond donors (Lipinski definition) is 2. The fourth-order valence-corrected chi connectivity index (χ4v) is 1.83. The molecule has 2 rings (SSSR count). The van der Waals surface area contributed by atoms with E-state index in [9.17, 15) is 4.79 Å². The van der Waals surface area contributed by atoms with Crippen LogP contribution in [-0.4, -0.2) is 30.1 Å². The number of methoxy groups -OCH3 is 2. The van der Waals surface area contributed by atoms with Crippen molar-refractivity contribution in [2.45, 2.75) is 0 Å². The van der Waals surface area contributed by atoms with Crippen LogP contribution in [0, 0.1) is 0 Å². The molecule has 0 aliphatic carbocycles. The molecular formula is C13H13ClN4O3. The Bertz CT molecular complexity index is 678. The quantitative estimate of drug-likeness (QED) is 0.662. The van der Waals surface area contributed by atoms with E-state index >= 15 is 0 Å². The number of nitrogens with zero attached hydrogens (tertiary/aromatic N) is 2. The summed E-state index contributed by atoms with van der Waals surface area (Å²) < 4.78 is 10.3. The molecule has 7 nitrogen and oxygen atoms in total. The fourth-order valence-electron chi connectivity index (χ4n) is 1.68. The van der Waals surface area contributed by atoms with Crippen molar-refractivity contribution in [2.75, 3.05) is 25.3 Å². The molecule has 3 N–H and O–H groups in total. The van der Waals surface area contributed by atoms with Gasteiger partial charge in [-0.25, -0.2) is 9.97 Å². The predicted octanol–water partition coefficient (Wildman–Crippen LogP) is 1.98. The minimum atomic E-state index is -0.441. The van der Waals surface area contributed by atoms with E-state index in [1.807, 2.05) is 0 Å². The van der Waals surface area contributed by atoms with Gasteiger partial charge < -0.3 is 20.5 Å². The summed E-state index contributed by atoms with van der Waals surface area (Å²) in [5.41, 5.74) is 6.34. The Morgan fingerprint density at radius 2 is 1.95 bits per heavy atom. The summed E-state index contributed by atoms with van der Waals surface area (Å²) in [6.07, 6.45) is 1.43. The van der Waals surface area contributed by atoms with Crippen molar-refractivity contribution < 1.29 is 14.3 Å². The van der Waals surface area contributed by atoms with E-state index in [1.54, 1.807) is 0 Å². The molecular weight excluding hydrogens is 296 g/mol. The maximum atomic E-state index is 12.2. The first-order valence-corrected chi connectivity index (χ1v) is 6.24. The summed E-state index contributed by atoms with van der Waals surface area (Å²) in [5, 5.41) is 2.61. The zero-order chi connectivity index (χ0) is 15.4. The molecule has 0 fully saturated rings. The van der Waals surface area contributed by atoms with Gasteiger partial charge in [0.05, 0.1) is 19.8 Å². The van der Waals surface area contributed by atoms with E-state index in [0.29, 0.717) is 11.5 Å². The lowest BCUT2D eigenvalue weighted by molar-refractivity contribution is 0.102. The molecule has 0 atom stereocenters. The van der Waals surface area contributed by atoms with Crippen LogP contribution >= 0.6 is 11.6 Å². The summed E-state index contributed by atoms with van der Waals surface area (Å²) in [4.78, 5) is 19.8. The Kier molecular flexibility index (Phi) is 4.44. The average molecular weight is 309 g/mol. The van der Waals surface area contributed by atoms with Crippen LogP contribution in [0.4, 0.5) is 11.5 Å². The highest BCUT2D eigenvalue weighted by molar-refractivity contribution is 6.28. The van der Waals surface area contributed by atoms with Crippen molar-refractivity contribution >= 4 is 29.0 Å². The minimum Gasteiger partial charge on any atom is -0.493 e. The van der Waals surface area contributed by atoms with Crippen LogP contribution in [0.3, 0.4) is 0 Å². The molecule has 0 aliphatic rings. The smallest absolute Gasteiger partial charge is 0.259 e. The summed E-state index contributed by atoms with van der Waals surface area (Å²) in [6.45, 7) is 0. The summed E-state index contributed by atoms with van der Waals surface area (Å²) in [6, 6.07) is 4.52. The van der Waals surface area contributed by atoms with Gasteiger partial charge in [0.25, 0.3) is 5.91 Å². The lowest BCUT2D eigenvalue weighted by atomic mass is 10.1. The van der Waals surface area contributed by atoms with Crippen molar-refractivity contribution in [3.63, 3.8) is 0 Å². The second-order valence-corrected chi connectivity index (χ2v) is 4.30. The molecule has 0 spiro atoms. The first-order chi connectivity index (χ1) is 10.0. The van der Waals surface area contributed by atoms with Crippen molar-refractivity contribution in [1.29, 1.82) is 0 Å². The molecule has 21 heavy (non-hydrogen) atoms. The third kappa shape index (κ3) is 3.32. The van der Waals surface area contributed by atoms with Crippen LogP contribution in [-0.2, 0) is 0 Å². The molecule has 1 heterocycles. The number of nitrogens with two attached hydrogens (primary N) is 1. The number of carbonyl (C=O) groups excluding carboxylic acids is 1. The third-order valence-corrected chi connectivity index (χ3v) is 2.85. The van der Waals surface area contributed by atoms with Crippen LogP contribution in [0.25, 0.3) is 0 Å². The van der Waals surface area contributed by atoms with Crippen LogP contribution in [0.15, 0.2) is 24.4 Å². The second kappa shape index (κ2) is 6.27. The van der Waals surface area contributed by atoms with E-state index in [2.05, 4.69) is 15.3 Å². The van der Waals surface area contributed by atoms with Crippen molar-refractivity contribution in [1.82, 2.24) is 9.97 Å². The van der Waals surface area contributed by atoms with E-state index in [-0.39, 0.29) is 22.4 Å². The highest BCUT2D eigenvalue weighted by Crippen LogP contribution is 2.32. The van der Waals surface area contributed by atoms with Gasteiger partial charge in [-0.2, -0.15) is 0 Å². The van der Waals surface area contributed by atoms with E-state index in [4.69, 9.17) is 26.8 Å². The lowest BCUT2D eigenvalue weighted by Crippen LogP contribution is -2.15. The molecule has 0 saturated heterocycles. The molecule has 1 amide bonds. The number of carbonyl (C=O) groups is 1. The van der Waals surface area contributed by atoms with E-state index in [0.717, 1.165) is 0 Å². The van der Waals surface area contributed by atoms with E-state index in [1.165, 1.54) is 38.6 Å². The first kappa shape index (κ1) is 14.9. The highest BCUT2D eigenvalue weighted by Gasteiger charge is 2.16. The number of rotatable bonds is 4. The van der Waals surface area contributed by atoms with Gasteiger partial charge in [-0.15, -0.1) is 0 Å². The maximum Gasteiger partial charge on any atom is 0.259 e. The minimum absolute atomic E-state index is 0.0353. The SMILES string of the molecule is COc1cc(N)c(C(=O)Nc2ccnc(Cl)n2)cc1OC. The highest BCUT2D eigenvalue weighted by atomic mass is 35.5. The molecule has 8 heteroatoms. The van der Waals surface area contributed by atoms with Crippen molar-refractivity contribution in [2.24, 2.45) is 0 Å². The zero-order valence-electron chi connectivity index (χ0n) is 11.4. The van der Waals surface area contributed by atoms with Crippen molar-refractivity contribution in [3.8, 4) is 11.5 Å². The molecule has 2 aromatic rings. The molecule has 0 aliphatic heterocycles. The van der Waals surface area contributed by atoms with Crippen LogP contribution < -0.4 is 20.5 Å². The number of anilines is 2. The average Bonchev–Trinajstić information content (AvgIpc) is 2.46. The molecule has 0 saturated carbocycles. The van der Waals surface area contributed by atoms with Gasteiger partial charge in [0.1, 0.15) is 5.82 Å². The number of amides is 1. The Morgan fingerprint density at radius 1 is 1.29 bits per heavy atom. The Labute approximate surface area is 126 Å². The maximum absolute atomic E-state index is 12.2. The number of nitrogens with one attached hydrogen (secondary N) is 1. The predicted molar refractivity (Wildman–Crippen MR) is 79.0 cm³/mol. The first-order valence-electron chi connectivity index (χ1n) is 5.86. The zero-order valence-corrected chi connectivity index (χ0v) is 12.1. The van der Waals surface area contributed by atoms with Crippen LogP contribution in [0.5, 0.6) is 11.5 Å². The Hall–Kier alpha value is -2.54. The Balaban J connectivity index is 2.31. The number of ether oxygens (including phenoxy) is 2. The van der Waals surface area contributed by atoms with Gasteiger partial charge in [0.15, 0.2) is 11.5 Å². The van der Waals surface area contributed by atoms with Crippen molar-refractivity contribution in [3.05, 3.63) is 35.2 Å². The number of nitrogen functional groups attached to an aromatic ring is 1. The molecule has 1 aromatic carbocycles. The normalized spacial score (nSPS) is 10.0. The van der Waals surface area contributed by atoms with Gasteiger partial charge in [-0.3, -0.25) is 4.79 Å². The number of benzene rings is 1. The molecule has 1 aromatic heterocycles. The largest absolute Gasteiger partial charge is 0.493 e. The summed E-state index contributed by atoms with van der Waals surface area (Å²) in [7, 11) is 2.96. The van der Waals surface area contributed by atoms with Crippen LogP contribution in [0.2, 0.25) is 5.28 Å². The lowest BCUT2D eigenvalue weighted by Gasteiger charge is -2.12. The third-order valence-electron chi connectivity index (χ3n) is 2.67. The Morgan fingerprint density at radius 3 is 2.57 bits per heavy atom.